The van der Waals surface area contributed by atoms with Crippen LogP contribution in [0.15, 0.2) is 78.9 Å². The fourth-order valence-corrected chi connectivity index (χ4v) is 4.18. The van der Waals surface area contributed by atoms with Crippen molar-refractivity contribution >= 4 is 23.2 Å². The van der Waals surface area contributed by atoms with Crippen molar-refractivity contribution in [2.24, 2.45) is 5.92 Å². The van der Waals surface area contributed by atoms with Crippen molar-refractivity contribution in [3.8, 4) is 5.75 Å². The minimum absolute atomic E-state index is 0.0467. The normalized spacial score (nSPS) is 15.7. The van der Waals surface area contributed by atoms with Gasteiger partial charge in [0, 0.05) is 18.7 Å². The van der Waals surface area contributed by atoms with Crippen LogP contribution >= 0.6 is 0 Å². The van der Waals surface area contributed by atoms with Gasteiger partial charge in [-0.15, -0.1) is 0 Å². The Bertz CT molecular complexity index is 1110. The van der Waals surface area contributed by atoms with Crippen molar-refractivity contribution in [2.45, 2.75) is 26.7 Å². The van der Waals surface area contributed by atoms with Crippen LogP contribution in [0.25, 0.3) is 0 Å². The second kappa shape index (κ2) is 10.3. The van der Waals surface area contributed by atoms with E-state index in [0.717, 1.165) is 30.0 Å². The molecule has 0 N–H and O–H groups in total. The molecule has 0 radical (unpaired) electrons. The highest BCUT2D eigenvalue weighted by molar-refractivity contribution is 6.11. The molecular weight excluding hydrogens is 412 g/mol. The van der Waals surface area contributed by atoms with Crippen LogP contribution in [-0.2, 0) is 4.79 Å². The number of amides is 2. The Morgan fingerprint density at radius 3 is 2.42 bits per heavy atom. The summed E-state index contributed by atoms with van der Waals surface area (Å²) >= 11 is 0. The van der Waals surface area contributed by atoms with Crippen molar-refractivity contribution in [1.29, 1.82) is 0 Å². The standard InChI is InChI=1S/C28H30N2O3/c1-21-11-10-14-24(19-21)33-18-9-8-17-29-25-15-6-7-16-26(25)30(20-22(2)27(29)31)28(32)23-12-4-3-5-13-23/h3-7,10-16,19,22H,8-9,17-18,20H2,1-2H3. The lowest BCUT2D eigenvalue weighted by Crippen LogP contribution is -2.38. The van der Waals surface area contributed by atoms with E-state index < -0.39 is 0 Å². The van der Waals surface area contributed by atoms with Gasteiger partial charge in [0.1, 0.15) is 5.75 Å². The number of carbonyl (C=O) groups excluding carboxylic acids is 2. The van der Waals surface area contributed by atoms with Gasteiger partial charge in [0.2, 0.25) is 5.91 Å². The zero-order valence-corrected chi connectivity index (χ0v) is 19.2. The predicted octanol–water partition coefficient (Wildman–Crippen LogP) is 5.48. The lowest BCUT2D eigenvalue weighted by atomic mass is 10.1. The fourth-order valence-electron chi connectivity index (χ4n) is 4.18. The van der Waals surface area contributed by atoms with Gasteiger partial charge in [0.15, 0.2) is 0 Å². The molecule has 1 heterocycles. The Hall–Kier alpha value is -3.60. The van der Waals surface area contributed by atoms with Gasteiger partial charge in [0.25, 0.3) is 5.91 Å². The first-order valence-electron chi connectivity index (χ1n) is 11.5. The molecule has 1 aliphatic rings. The first-order valence-corrected chi connectivity index (χ1v) is 11.5. The summed E-state index contributed by atoms with van der Waals surface area (Å²) in [6, 6.07) is 24.9. The van der Waals surface area contributed by atoms with Crippen molar-refractivity contribution < 1.29 is 14.3 Å². The topological polar surface area (TPSA) is 49.9 Å². The quantitative estimate of drug-likeness (QED) is 0.455. The summed E-state index contributed by atoms with van der Waals surface area (Å²) in [5, 5.41) is 0. The second-order valence-electron chi connectivity index (χ2n) is 8.53. The molecule has 0 spiro atoms. The SMILES string of the molecule is Cc1cccc(OCCCCN2C(=O)C(C)CN(C(=O)c3ccccc3)c3ccccc32)c1. The number of fused-ring (bicyclic) bond motifs is 1. The highest BCUT2D eigenvalue weighted by Crippen LogP contribution is 2.35. The lowest BCUT2D eigenvalue weighted by molar-refractivity contribution is -0.121. The van der Waals surface area contributed by atoms with Crippen LogP contribution < -0.4 is 14.5 Å². The Balaban J connectivity index is 1.47. The molecule has 0 saturated carbocycles. The monoisotopic (exact) mass is 442 g/mol. The summed E-state index contributed by atoms with van der Waals surface area (Å²) < 4.78 is 5.86. The Morgan fingerprint density at radius 2 is 1.67 bits per heavy atom. The first-order chi connectivity index (χ1) is 16.0. The zero-order valence-electron chi connectivity index (χ0n) is 19.2. The van der Waals surface area contributed by atoms with E-state index in [1.165, 1.54) is 5.56 Å². The average Bonchev–Trinajstić information content (AvgIpc) is 2.94. The smallest absolute Gasteiger partial charge is 0.258 e. The van der Waals surface area contributed by atoms with Crippen LogP contribution in [0.2, 0.25) is 0 Å². The summed E-state index contributed by atoms with van der Waals surface area (Å²) in [5.41, 5.74) is 3.35. The molecule has 1 atom stereocenters. The maximum atomic E-state index is 13.3. The molecule has 3 aromatic carbocycles. The molecule has 4 rings (SSSR count). The number of ether oxygens (including phenoxy) is 1. The van der Waals surface area contributed by atoms with E-state index in [1.54, 1.807) is 4.90 Å². The third-order valence-electron chi connectivity index (χ3n) is 5.91. The lowest BCUT2D eigenvalue weighted by Gasteiger charge is -2.25. The third kappa shape index (κ3) is 5.25. The van der Waals surface area contributed by atoms with Gasteiger partial charge in [-0.3, -0.25) is 9.59 Å². The number of para-hydroxylation sites is 2. The maximum Gasteiger partial charge on any atom is 0.258 e. The number of rotatable bonds is 7. The Kier molecular flexibility index (Phi) is 7.08. The summed E-state index contributed by atoms with van der Waals surface area (Å²) in [5.74, 6) is 0.532. The highest BCUT2D eigenvalue weighted by Gasteiger charge is 2.33. The molecule has 5 nitrogen and oxygen atoms in total. The molecule has 33 heavy (non-hydrogen) atoms. The molecule has 2 amide bonds. The number of anilines is 2. The van der Waals surface area contributed by atoms with Crippen molar-refractivity contribution in [1.82, 2.24) is 0 Å². The number of hydrogen-bond donors (Lipinski definition) is 0. The summed E-state index contributed by atoms with van der Waals surface area (Å²) in [7, 11) is 0. The zero-order chi connectivity index (χ0) is 23.2. The third-order valence-corrected chi connectivity index (χ3v) is 5.91. The largest absolute Gasteiger partial charge is 0.494 e. The summed E-state index contributed by atoms with van der Waals surface area (Å²) in [6.45, 7) is 5.48. The van der Waals surface area contributed by atoms with Gasteiger partial charge in [-0.05, 0) is 61.7 Å². The number of unbranched alkanes of at least 4 members (excludes halogenated alkanes) is 1. The van der Waals surface area contributed by atoms with Crippen LogP contribution in [0.1, 0.15) is 35.7 Å². The van der Waals surface area contributed by atoms with Gasteiger partial charge < -0.3 is 14.5 Å². The molecule has 0 bridgehead atoms. The second-order valence-corrected chi connectivity index (χ2v) is 8.53. The van der Waals surface area contributed by atoms with Gasteiger partial charge in [0.05, 0.1) is 23.9 Å². The van der Waals surface area contributed by atoms with E-state index in [4.69, 9.17) is 4.74 Å². The van der Waals surface area contributed by atoms with Gasteiger partial charge in [-0.25, -0.2) is 0 Å². The molecular formula is C28H30N2O3. The minimum Gasteiger partial charge on any atom is -0.494 e. The number of nitrogens with zero attached hydrogens (tertiary/aromatic N) is 2. The van der Waals surface area contributed by atoms with Crippen LogP contribution in [-0.4, -0.2) is 31.5 Å². The van der Waals surface area contributed by atoms with Gasteiger partial charge in [-0.2, -0.15) is 0 Å². The van der Waals surface area contributed by atoms with E-state index in [2.05, 4.69) is 0 Å². The maximum absolute atomic E-state index is 13.3. The highest BCUT2D eigenvalue weighted by atomic mass is 16.5. The molecule has 0 saturated heterocycles. The first kappa shape index (κ1) is 22.6. The van der Waals surface area contributed by atoms with E-state index in [1.807, 2.05) is 97.6 Å². The van der Waals surface area contributed by atoms with Gasteiger partial charge >= 0.3 is 0 Å². The van der Waals surface area contributed by atoms with Crippen LogP contribution in [0, 0.1) is 12.8 Å². The summed E-state index contributed by atoms with van der Waals surface area (Å²) in [6.07, 6.45) is 1.65. The minimum atomic E-state index is -0.298. The van der Waals surface area contributed by atoms with E-state index in [0.29, 0.717) is 25.3 Å². The fraction of sp³-hybridized carbons (Fsp3) is 0.286. The molecule has 0 aliphatic carbocycles. The van der Waals surface area contributed by atoms with Crippen LogP contribution in [0.4, 0.5) is 11.4 Å². The molecule has 170 valence electrons. The van der Waals surface area contributed by atoms with Gasteiger partial charge in [-0.1, -0.05) is 49.4 Å². The van der Waals surface area contributed by atoms with Crippen LogP contribution in [0.3, 0.4) is 0 Å². The molecule has 0 aromatic heterocycles. The summed E-state index contributed by atoms with van der Waals surface area (Å²) in [4.78, 5) is 30.2. The number of hydrogen-bond acceptors (Lipinski definition) is 3. The van der Waals surface area contributed by atoms with E-state index in [-0.39, 0.29) is 17.7 Å². The Labute approximate surface area is 195 Å². The van der Waals surface area contributed by atoms with Crippen molar-refractivity contribution in [2.75, 3.05) is 29.5 Å². The molecule has 1 unspecified atom stereocenters. The Morgan fingerprint density at radius 1 is 0.939 bits per heavy atom. The van der Waals surface area contributed by atoms with E-state index >= 15 is 0 Å². The van der Waals surface area contributed by atoms with Crippen LogP contribution in [0.5, 0.6) is 5.75 Å². The van der Waals surface area contributed by atoms with Crippen molar-refractivity contribution in [3.63, 3.8) is 0 Å². The average molecular weight is 443 g/mol. The molecule has 0 fully saturated rings. The number of carbonyl (C=O) groups is 2. The molecule has 5 heteroatoms. The molecule has 3 aromatic rings. The predicted molar refractivity (Wildman–Crippen MR) is 132 cm³/mol. The van der Waals surface area contributed by atoms with E-state index in [9.17, 15) is 9.59 Å². The molecule has 1 aliphatic heterocycles. The number of aryl methyl sites for hydroxylation is 1. The number of benzene rings is 3. The van der Waals surface area contributed by atoms with Crippen molar-refractivity contribution in [3.05, 3.63) is 90.0 Å².